The van der Waals surface area contributed by atoms with E-state index in [9.17, 15) is 15.0 Å². The normalized spacial score (nSPS) is 10.8. The Balaban J connectivity index is 1.97. The van der Waals surface area contributed by atoms with Crippen LogP contribution in [0.1, 0.15) is 16.3 Å². The third kappa shape index (κ3) is 2.56. The number of aromatic hydroxyl groups is 1. The third-order valence-electron chi connectivity index (χ3n) is 3.08. The zero-order chi connectivity index (χ0) is 15.7. The highest BCUT2D eigenvalue weighted by Gasteiger charge is 2.19. The van der Waals surface area contributed by atoms with Crippen molar-refractivity contribution in [1.82, 2.24) is 9.38 Å². The van der Waals surface area contributed by atoms with Crippen molar-refractivity contribution in [1.29, 1.82) is 0 Å². The molecule has 0 aliphatic rings. The minimum absolute atomic E-state index is 0.0399. The summed E-state index contributed by atoms with van der Waals surface area (Å²) in [6, 6.07) is 9.85. The summed E-state index contributed by atoms with van der Waals surface area (Å²) in [5.41, 5.74) is -0.0810. The maximum atomic E-state index is 11.3. The number of carboxylic acids is 1. The lowest BCUT2D eigenvalue weighted by Gasteiger charge is -2.06. The maximum Gasteiger partial charge on any atom is 0.356 e. The molecule has 3 aromatic rings. The molecule has 112 valence electrons. The standard InChI is InChI=1S/C15H11ClN2O4/c16-9-3-1-4-10(7-9)22-8-12-17-13(15(20)21)14-11(19)5-2-6-18(12)14/h1-7,19H,8H2,(H,20,21). The van der Waals surface area contributed by atoms with Crippen LogP contribution in [0.3, 0.4) is 0 Å². The summed E-state index contributed by atoms with van der Waals surface area (Å²) in [4.78, 5) is 15.3. The number of imidazole rings is 1. The molecule has 7 heteroatoms. The average Bonchev–Trinajstić information content (AvgIpc) is 2.86. The molecule has 2 N–H and O–H groups in total. The summed E-state index contributed by atoms with van der Waals surface area (Å²) in [5, 5.41) is 19.6. The van der Waals surface area contributed by atoms with E-state index in [-0.39, 0.29) is 23.6 Å². The van der Waals surface area contributed by atoms with Gasteiger partial charge in [0.25, 0.3) is 0 Å². The summed E-state index contributed by atoms with van der Waals surface area (Å²) in [7, 11) is 0. The fourth-order valence-electron chi connectivity index (χ4n) is 2.14. The molecule has 0 fully saturated rings. The number of nitrogens with zero attached hydrogens (tertiary/aromatic N) is 2. The number of pyridine rings is 1. The molecule has 1 aromatic carbocycles. The van der Waals surface area contributed by atoms with E-state index in [1.807, 2.05) is 0 Å². The van der Waals surface area contributed by atoms with E-state index in [1.165, 1.54) is 10.5 Å². The highest BCUT2D eigenvalue weighted by molar-refractivity contribution is 6.30. The van der Waals surface area contributed by atoms with Crippen LogP contribution in [0.15, 0.2) is 42.6 Å². The molecule has 0 aliphatic heterocycles. The van der Waals surface area contributed by atoms with Gasteiger partial charge in [-0.1, -0.05) is 17.7 Å². The van der Waals surface area contributed by atoms with Gasteiger partial charge >= 0.3 is 5.97 Å². The van der Waals surface area contributed by atoms with Crippen molar-refractivity contribution in [3.63, 3.8) is 0 Å². The smallest absolute Gasteiger partial charge is 0.356 e. The molecule has 0 saturated heterocycles. The van der Waals surface area contributed by atoms with Gasteiger partial charge in [-0.15, -0.1) is 0 Å². The number of carboxylic acid groups (broad SMARTS) is 1. The van der Waals surface area contributed by atoms with Gasteiger partial charge in [-0.3, -0.25) is 4.40 Å². The van der Waals surface area contributed by atoms with Crippen LogP contribution in [-0.4, -0.2) is 25.6 Å². The molecule has 0 aliphatic carbocycles. The fourth-order valence-corrected chi connectivity index (χ4v) is 2.32. The summed E-state index contributed by atoms with van der Waals surface area (Å²) in [6.07, 6.45) is 1.62. The minimum Gasteiger partial charge on any atom is -0.506 e. The van der Waals surface area contributed by atoms with Gasteiger partial charge in [0, 0.05) is 11.2 Å². The van der Waals surface area contributed by atoms with Crippen LogP contribution < -0.4 is 4.74 Å². The van der Waals surface area contributed by atoms with Crippen molar-refractivity contribution in [2.45, 2.75) is 6.61 Å². The first-order chi connectivity index (χ1) is 10.6. The van der Waals surface area contributed by atoms with Crippen LogP contribution in [0, 0.1) is 0 Å². The molecule has 0 spiro atoms. The number of aromatic carboxylic acids is 1. The van der Waals surface area contributed by atoms with E-state index in [0.717, 1.165) is 0 Å². The van der Waals surface area contributed by atoms with Crippen molar-refractivity contribution in [3.05, 3.63) is 59.1 Å². The third-order valence-corrected chi connectivity index (χ3v) is 3.32. The number of hydrogen-bond donors (Lipinski definition) is 2. The number of carbonyl (C=O) groups is 1. The summed E-state index contributed by atoms with van der Waals surface area (Å²) < 4.78 is 7.06. The van der Waals surface area contributed by atoms with E-state index in [1.54, 1.807) is 36.5 Å². The Bertz CT molecular complexity index is 860. The van der Waals surface area contributed by atoms with E-state index in [4.69, 9.17) is 16.3 Å². The quantitative estimate of drug-likeness (QED) is 0.772. The fraction of sp³-hybridized carbons (Fsp3) is 0.0667. The topological polar surface area (TPSA) is 84.1 Å². The van der Waals surface area contributed by atoms with E-state index in [2.05, 4.69) is 4.98 Å². The molecule has 0 amide bonds. The highest BCUT2D eigenvalue weighted by atomic mass is 35.5. The first kappa shape index (κ1) is 14.2. The van der Waals surface area contributed by atoms with Crippen molar-refractivity contribution >= 4 is 23.1 Å². The Morgan fingerprint density at radius 1 is 1.32 bits per heavy atom. The molecule has 0 saturated carbocycles. The Kier molecular flexibility index (Phi) is 3.60. The first-order valence-corrected chi connectivity index (χ1v) is 6.74. The second-order valence-corrected chi connectivity index (χ2v) is 4.98. The van der Waals surface area contributed by atoms with Crippen LogP contribution >= 0.6 is 11.6 Å². The van der Waals surface area contributed by atoms with E-state index < -0.39 is 5.97 Å². The van der Waals surface area contributed by atoms with Crippen molar-refractivity contribution in [3.8, 4) is 11.5 Å². The lowest BCUT2D eigenvalue weighted by atomic mass is 10.3. The molecular weight excluding hydrogens is 308 g/mol. The largest absolute Gasteiger partial charge is 0.506 e. The van der Waals surface area contributed by atoms with E-state index >= 15 is 0 Å². The summed E-state index contributed by atoms with van der Waals surface area (Å²) in [5.74, 6) is -0.459. The van der Waals surface area contributed by atoms with Crippen molar-refractivity contribution < 1.29 is 19.7 Å². The minimum atomic E-state index is -1.21. The monoisotopic (exact) mass is 318 g/mol. The Labute approximate surface area is 130 Å². The SMILES string of the molecule is O=C(O)c1nc(COc2cccc(Cl)c2)n2cccc(O)c12. The highest BCUT2D eigenvalue weighted by Crippen LogP contribution is 2.24. The van der Waals surface area contributed by atoms with Gasteiger partial charge < -0.3 is 14.9 Å². The van der Waals surface area contributed by atoms with Gasteiger partial charge in [0.1, 0.15) is 23.6 Å². The van der Waals surface area contributed by atoms with Gasteiger partial charge in [0.05, 0.1) is 0 Å². The van der Waals surface area contributed by atoms with Gasteiger partial charge in [-0.05, 0) is 30.3 Å². The second kappa shape index (κ2) is 5.57. The number of rotatable bonds is 4. The zero-order valence-electron chi connectivity index (χ0n) is 11.2. The predicted molar refractivity (Wildman–Crippen MR) is 79.6 cm³/mol. The molecule has 0 atom stereocenters. The lowest BCUT2D eigenvalue weighted by molar-refractivity contribution is 0.0692. The maximum absolute atomic E-state index is 11.3. The van der Waals surface area contributed by atoms with Gasteiger partial charge in [0.2, 0.25) is 0 Å². The van der Waals surface area contributed by atoms with Crippen LogP contribution in [0.5, 0.6) is 11.5 Å². The van der Waals surface area contributed by atoms with E-state index in [0.29, 0.717) is 16.6 Å². The number of benzene rings is 1. The number of hydrogen-bond acceptors (Lipinski definition) is 4. The molecule has 6 nitrogen and oxygen atoms in total. The Hall–Kier alpha value is -2.73. The lowest BCUT2D eigenvalue weighted by Crippen LogP contribution is -2.01. The summed E-state index contributed by atoms with van der Waals surface area (Å²) in [6.45, 7) is 0.0399. The molecular formula is C15H11ClN2O4. The van der Waals surface area contributed by atoms with Gasteiger partial charge in [0.15, 0.2) is 11.5 Å². The van der Waals surface area contributed by atoms with Gasteiger partial charge in [-0.2, -0.15) is 0 Å². The predicted octanol–water partition coefficient (Wildman–Crippen LogP) is 2.97. The molecule has 22 heavy (non-hydrogen) atoms. The van der Waals surface area contributed by atoms with Crippen molar-refractivity contribution in [2.75, 3.05) is 0 Å². The van der Waals surface area contributed by atoms with Crippen LogP contribution in [-0.2, 0) is 6.61 Å². The zero-order valence-corrected chi connectivity index (χ0v) is 12.0. The Morgan fingerprint density at radius 3 is 2.86 bits per heavy atom. The second-order valence-electron chi connectivity index (χ2n) is 4.54. The molecule has 0 radical (unpaired) electrons. The van der Waals surface area contributed by atoms with Crippen LogP contribution in [0.2, 0.25) is 5.02 Å². The molecule has 0 unspecified atom stereocenters. The number of aromatic nitrogens is 2. The molecule has 2 heterocycles. The summed E-state index contributed by atoms with van der Waals surface area (Å²) >= 11 is 5.88. The van der Waals surface area contributed by atoms with Crippen LogP contribution in [0.25, 0.3) is 5.52 Å². The van der Waals surface area contributed by atoms with Crippen LogP contribution in [0.4, 0.5) is 0 Å². The first-order valence-electron chi connectivity index (χ1n) is 6.37. The molecule has 2 aromatic heterocycles. The van der Waals surface area contributed by atoms with Gasteiger partial charge in [-0.25, -0.2) is 9.78 Å². The molecule has 3 rings (SSSR count). The average molecular weight is 319 g/mol. The number of fused-ring (bicyclic) bond motifs is 1. The number of ether oxygens (including phenoxy) is 1. The molecule has 0 bridgehead atoms. The Morgan fingerprint density at radius 2 is 2.14 bits per heavy atom. The number of halogens is 1. The van der Waals surface area contributed by atoms with Crippen molar-refractivity contribution in [2.24, 2.45) is 0 Å².